The van der Waals surface area contributed by atoms with E-state index >= 15 is 0 Å². The Morgan fingerprint density at radius 2 is 2.10 bits per heavy atom. The van der Waals surface area contributed by atoms with Gasteiger partial charge in [-0.05, 0) is 31.2 Å². The van der Waals surface area contributed by atoms with Crippen molar-refractivity contribution < 1.29 is 18.4 Å². The quantitative estimate of drug-likeness (QED) is 0.667. The highest BCUT2D eigenvalue weighted by molar-refractivity contribution is 5.57. The summed E-state index contributed by atoms with van der Waals surface area (Å²) in [5.74, 6) is 0.512. The number of nitro groups is 1. The van der Waals surface area contributed by atoms with Gasteiger partial charge in [-0.25, -0.2) is 8.78 Å². The highest BCUT2D eigenvalue weighted by atomic mass is 19.3. The highest BCUT2D eigenvalue weighted by Gasteiger charge is 2.40. The van der Waals surface area contributed by atoms with Gasteiger partial charge in [-0.1, -0.05) is 0 Å². The summed E-state index contributed by atoms with van der Waals surface area (Å²) in [4.78, 5) is 10.0. The number of ether oxygens (including phenoxy) is 1. The van der Waals surface area contributed by atoms with Crippen molar-refractivity contribution in [3.05, 3.63) is 33.9 Å². The third-order valence-corrected chi connectivity index (χ3v) is 4.04. The van der Waals surface area contributed by atoms with Gasteiger partial charge in [0.15, 0.2) is 0 Å². The van der Waals surface area contributed by atoms with Crippen LogP contribution in [0.4, 0.5) is 20.2 Å². The van der Waals surface area contributed by atoms with Crippen LogP contribution >= 0.6 is 0 Å². The molecular weight excluding hydrogens is 282 g/mol. The van der Waals surface area contributed by atoms with E-state index in [1.54, 1.807) is 0 Å². The molecule has 1 aliphatic carbocycles. The molecule has 3 rings (SSSR count). The van der Waals surface area contributed by atoms with E-state index < -0.39 is 11.3 Å². The topological polar surface area (TPSA) is 64.4 Å². The molecular formula is C14H16F2N2O3. The predicted octanol–water partition coefficient (Wildman–Crippen LogP) is 3.51. The smallest absolute Gasteiger partial charge is 0.270 e. The van der Waals surface area contributed by atoms with E-state index in [9.17, 15) is 18.9 Å². The average Bonchev–Trinajstić information content (AvgIpc) is 3.19. The van der Waals surface area contributed by atoms with Crippen LogP contribution in [0, 0.1) is 16.0 Å². The minimum absolute atomic E-state index is 0.00328. The zero-order valence-electron chi connectivity index (χ0n) is 11.3. The Balaban J connectivity index is 1.82. The third-order valence-electron chi connectivity index (χ3n) is 4.04. The maximum atomic E-state index is 13.1. The number of benzene rings is 1. The number of rotatable bonds is 5. The first-order valence-electron chi connectivity index (χ1n) is 7.01. The standard InChI is InChI=1S/C14H16F2N2O3/c15-14(16)10-7-9(18(19)20)3-4-11(10)17-12-5-6-21-13(12)8-1-2-8/h3-4,7-8,12-14,17H,1-2,5-6H2. The van der Waals surface area contributed by atoms with E-state index in [0.717, 1.165) is 25.3 Å². The Kier molecular flexibility index (Phi) is 3.75. The zero-order valence-corrected chi connectivity index (χ0v) is 11.3. The SMILES string of the molecule is O=[N+]([O-])c1ccc(NC2CCOC2C2CC2)c(C(F)F)c1. The summed E-state index contributed by atoms with van der Waals surface area (Å²) in [6.45, 7) is 0.621. The first-order valence-corrected chi connectivity index (χ1v) is 7.01. The maximum Gasteiger partial charge on any atom is 0.270 e. The monoisotopic (exact) mass is 298 g/mol. The molecule has 1 N–H and O–H groups in total. The lowest BCUT2D eigenvalue weighted by molar-refractivity contribution is -0.385. The van der Waals surface area contributed by atoms with Gasteiger partial charge in [-0.2, -0.15) is 0 Å². The second-order valence-electron chi connectivity index (χ2n) is 5.54. The molecule has 21 heavy (non-hydrogen) atoms. The van der Waals surface area contributed by atoms with Crippen LogP contribution in [0.25, 0.3) is 0 Å². The van der Waals surface area contributed by atoms with E-state index in [4.69, 9.17) is 4.74 Å². The van der Waals surface area contributed by atoms with Gasteiger partial charge in [-0.15, -0.1) is 0 Å². The van der Waals surface area contributed by atoms with Crippen molar-refractivity contribution in [3.63, 3.8) is 0 Å². The summed E-state index contributed by atoms with van der Waals surface area (Å²) in [6, 6.07) is 3.55. The molecule has 5 nitrogen and oxygen atoms in total. The summed E-state index contributed by atoms with van der Waals surface area (Å²) in [7, 11) is 0. The molecule has 1 heterocycles. The van der Waals surface area contributed by atoms with Crippen molar-refractivity contribution >= 4 is 11.4 Å². The molecule has 0 spiro atoms. The van der Waals surface area contributed by atoms with Crippen molar-refractivity contribution in [1.29, 1.82) is 0 Å². The minimum atomic E-state index is -2.76. The number of hydrogen-bond acceptors (Lipinski definition) is 4. The number of halogens is 2. The van der Waals surface area contributed by atoms with Crippen molar-refractivity contribution in [3.8, 4) is 0 Å². The average molecular weight is 298 g/mol. The van der Waals surface area contributed by atoms with E-state index in [1.165, 1.54) is 12.1 Å². The van der Waals surface area contributed by atoms with Gasteiger partial charge in [0.25, 0.3) is 12.1 Å². The number of nitrogens with zero attached hydrogens (tertiary/aromatic N) is 1. The summed E-state index contributed by atoms with van der Waals surface area (Å²) in [6.07, 6.45) is 0.302. The van der Waals surface area contributed by atoms with Crippen molar-refractivity contribution in [2.45, 2.75) is 37.8 Å². The number of non-ortho nitro benzene ring substituents is 1. The van der Waals surface area contributed by atoms with Crippen LogP contribution in [-0.2, 0) is 4.74 Å². The Morgan fingerprint density at radius 1 is 1.33 bits per heavy atom. The molecule has 2 aliphatic rings. The van der Waals surface area contributed by atoms with E-state index in [1.807, 2.05) is 0 Å². The van der Waals surface area contributed by atoms with E-state index in [0.29, 0.717) is 12.5 Å². The summed E-state index contributed by atoms with van der Waals surface area (Å²) < 4.78 is 31.9. The van der Waals surface area contributed by atoms with Crippen LogP contribution in [0.5, 0.6) is 0 Å². The van der Waals surface area contributed by atoms with Gasteiger partial charge in [0.05, 0.1) is 17.1 Å². The van der Waals surface area contributed by atoms with Gasteiger partial charge in [0.2, 0.25) is 0 Å². The fourth-order valence-electron chi connectivity index (χ4n) is 2.83. The zero-order chi connectivity index (χ0) is 15.0. The van der Waals surface area contributed by atoms with Gasteiger partial charge in [0.1, 0.15) is 0 Å². The van der Waals surface area contributed by atoms with Crippen LogP contribution in [-0.4, -0.2) is 23.7 Å². The van der Waals surface area contributed by atoms with Gasteiger partial charge >= 0.3 is 0 Å². The summed E-state index contributed by atoms with van der Waals surface area (Å²) >= 11 is 0. The molecule has 1 aromatic carbocycles. The molecule has 0 amide bonds. The number of nitro benzene ring substituents is 1. The predicted molar refractivity (Wildman–Crippen MR) is 72.5 cm³/mol. The molecule has 0 radical (unpaired) electrons. The molecule has 7 heteroatoms. The molecule has 1 aromatic rings. The number of anilines is 1. The molecule has 1 saturated heterocycles. The molecule has 2 fully saturated rings. The van der Waals surface area contributed by atoms with Crippen LogP contribution < -0.4 is 5.32 Å². The normalized spacial score (nSPS) is 25.3. The molecule has 2 unspecified atom stereocenters. The molecule has 0 bridgehead atoms. The lowest BCUT2D eigenvalue weighted by Gasteiger charge is -2.22. The lowest BCUT2D eigenvalue weighted by Crippen LogP contribution is -2.31. The second kappa shape index (κ2) is 5.55. The van der Waals surface area contributed by atoms with Gasteiger partial charge in [-0.3, -0.25) is 10.1 Å². The van der Waals surface area contributed by atoms with Crippen LogP contribution in [0.2, 0.25) is 0 Å². The minimum Gasteiger partial charge on any atom is -0.379 e. The molecule has 114 valence electrons. The van der Waals surface area contributed by atoms with Crippen molar-refractivity contribution in [2.75, 3.05) is 11.9 Å². The third kappa shape index (κ3) is 2.97. The van der Waals surface area contributed by atoms with E-state index in [-0.39, 0.29) is 29.1 Å². The molecule has 1 saturated carbocycles. The summed E-state index contributed by atoms with van der Waals surface area (Å²) in [5, 5.41) is 13.8. The lowest BCUT2D eigenvalue weighted by atomic mass is 10.0. The summed E-state index contributed by atoms with van der Waals surface area (Å²) in [5.41, 5.74) is -0.389. The largest absolute Gasteiger partial charge is 0.379 e. The Morgan fingerprint density at radius 3 is 2.71 bits per heavy atom. The van der Waals surface area contributed by atoms with Crippen LogP contribution in [0.3, 0.4) is 0 Å². The van der Waals surface area contributed by atoms with Crippen molar-refractivity contribution in [2.24, 2.45) is 5.92 Å². The van der Waals surface area contributed by atoms with Gasteiger partial charge < -0.3 is 10.1 Å². The number of alkyl halides is 2. The van der Waals surface area contributed by atoms with Crippen LogP contribution in [0.15, 0.2) is 18.2 Å². The van der Waals surface area contributed by atoms with Crippen LogP contribution in [0.1, 0.15) is 31.3 Å². The fourth-order valence-corrected chi connectivity index (χ4v) is 2.83. The first-order chi connectivity index (χ1) is 10.1. The Bertz CT molecular complexity index is 549. The number of hydrogen-bond donors (Lipinski definition) is 1. The molecule has 0 aromatic heterocycles. The van der Waals surface area contributed by atoms with E-state index in [2.05, 4.69) is 5.32 Å². The maximum absolute atomic E-state index is 13.1. The second-order valence-corrected chi connectivity index (χ2v) is 5.54. The number of nitrogens with one attached hydrogen (secondary N) is 1. The Hall–Kier alpha value is -1.76. The molecule has 1 aliphatic heterocycles. The Labute approximate surface area is 120 Å². The first kappa shape index (κ1) is 14.2. The highest BCUT2D eigenvalue weighted by Crippen LogP contribution is 2.40. The van der Waals surface area contributed by atoms with Gasteiger partial charge in [0, 0.05) is 30.0 Å². The fraction of sp³-hybridized carbons (Fsp3) is 0.571. The van der Waals surface area contributed by atoms with Crippen molar-refractivity contribution in [1.82, 2.24) is 0 Å². The molecule has 2 atom stereocenters.